The van der Waals surface area contributed by atoms with Crippen molar-refractivity contribution in [1.82, 2.24) is 4.98 Å². The molecule has 0 saturated carbocycles. The number of carbonyl (C=O) groups is 1. The second-order valence-electron chi connectivity index (χ2n) is 8.67. The highest BCUT2D eigenvalue weighted by Crippen LogP contribution is 2.40. The molecular formula is C25H25F3N2O4S. The number of Topliss-reactive ketones (excluding diaryl/α,β-unsaturated/α-hetero) is 1. The highest BCUT2D eigenvalue weighted by Gasteiger charge is 2.42. The van der Waals surface area contributed by atoms with Crippen LogP contribution in [0.25, 0.3) is 22.0 Å². The van der Waals surface area contributed by atoms with Crippen molar-refractivity contribution < 1.29 is 31.1 Å². The smallest absolute Gasteiger partial charge is 0.381 e. The minimum absolute atomic E-state index is 0.0294. The highest BCUT2D eigenvalue weighted by molar-refractivity contribution is 7.90. The van der Waals surface area contributed by atoms with E-state index in [1.165, 1.54) is 31.2 Å². The molecule has 4 rings (SSSR count). The summed E-state index contributed by atoms with van der Waals surface area (Å²) in [4.78, 5) is 19.1. The van der Waals surface area contributed by atoms with E-state index in [-0.39, 0.29) is 22.3 Å². The van der Waals surface area contributed by atoms with Crippen LogP contribution in [0.15, 0.2) is 47.4 Å². The van der Waals surface area contributed by atoms with E-state index in [1.807, 2.05) is 6.07 Å². The number of aromatic nitrogens is 1. The van der Waals surface area contributed by atoms with E-state index in [4.69, 9.17) is 4.74 Å². The number of anilines is 1. The SMILES string of the molecule is COC1CCN(c2cccc3c(-c4ccc(S(C)(=O)=O)cc4)c(C(=O)C(F)(F)F)c(C)nc23)CC1. The van der Waals surface area contributed by atoms with Crippen molar-refractivity contribution >= 4 is 32.2 Å². The van der Waals surface area contributed by atoms with Crippen LogP contribution in [-0.2, 0) is 14.6 Å². The number of alkyl halides is 3. The Hall–Kier alpha value is -2.98. The molecule has 1 aliphatic rings. The normalized spacial score (nSPS) is 15.5. The summed E-state index contributed by atoms with van der Waals surface area (Å²) in [5.74, 6) is -1.99. The van der Waals surface area contributed by atoms with Crippen molar-refractivity contribution in [3.8, 4) is 11.1 Å². The molecule has 186 valence electrons. The van der Waals surface area contributed by atoms with Crippen LogP contribution in [0.4, 0.5) is 18.9 Å². The maximum Gasteiger partial charge on any atom is 0.454 e. The zero-order valence-electron chi connectivity index (χ0n) is 19.5. The van der Waals surface area contributed by atoms with Crippen LogP contribution < -0.4 is 4.90 Å². The summed E-state index contributed by atoms with van der Waals surface area (Å²) in [6, 6.07) is 10.7. The number of ether oxygens (including phenoxy) is 1. The molecule has 0 aliphatic carbocycles. The van der Waals surface area contributed by atoms with Crippen LogP contribution in [0.3, 0.4) is 0 Å². The molecule has 2 heterocycles. The largest absolute Gasteiger partial charge is 0.454 e. The Labute approximate surface area is 201 Å². The number of rotatable bonds is 5. The van der Waals surface area contributed by atoms with Gasteiger partial charge in [-0.1, -0.05) is 24.3 Å². The number of carbonyl (C=O) groups excluding carboxylic acids is 1. The van der Waals surface area contributed by atoms with Crippen LogP contribution in [0.1, 0.15) is 28.9 Å². The molecule has 0 amide bonds. The molecule has 0 atom stereocenters. The van der Waals surface area contributed by atoms with Crippen LogP contribution in [0, 0.1) is 6.92 Å². The molecule has 1 saturated heterocycles. The number of aryl methyl sites for hydroxylation is 1. The predicted molar refractivity (Wildman–Crippen MR) is 128 cm³/mol. The first-order valence-corrected chi connectivity index (χ1v) is 12.9. The number of benzene rings is 2. The zero-order chi connectivity index (χ0) is 25.5. The summed E-state index contributed by atoms with van der Waals surface area (Å²) >= 11 is 0. The number of hydrogen-bond donors (Lipinski definition) is 0. The molecule has 0 radical (unpaired) electrons. The molecule has 2 aromatic carbocycles. The number of methoxy groups -OCH3 is 1. The maximum atomic E-state index is 13.6. The lowest BCUT2D eigenvalue weighted by Gasteiger charge is -2.33. The number of sulfone groups is 1. The summed E-state index contributed by atoms with van der Waals surface area (Å²) in [6.07, 6.45) is -2.30. The van der Waals surface area contributed by atoms with Gasteiger partial charge in [0.15, 0.2) is 9.84 Å². The van der Waals surface area contributed by atoms with E-state index in [1.54, 1.807) is 19.2 Å². The van der Waals surface area contributed by atoms with Gasteiger partial charge in [-0.3, -0.25) is 9.78 Å². The fraction of sp³-hybridized carbons (Fsp3) is 0.360. The lowest BCUT2D eigenvalue weighted by atomic mass is 9.91. The van der Waals surface area contributed by atoms with Gasteiger partial charge in [0.1, 0.15) is 0 Å². The molecule has 6 nitrogen and oxygen atoms in total. The van der Waals surface area contributed by atoms with E-state index in [0.717, 1.165) is 24.8 Å². The minimum atomic E-state index is -5.10. The third-order valence-corrected chi connectivity index (χ3v) is 7.48. The lowest BCUT2D eigenvalue weighted by Crippen LogP contribution is -2.36. The summed E-state index contributed by atoms with van der Waals surface area (Å²) in [7, 11) is -1.84. The molecular weight excluding hydrogens is 481 g/mol. The Bertz CT molecular complexity index is 1380. The quantitative estimate of drug-likeness (QED) is 0.455. The average Bonchev–Trinajstić information content (AvgIpc) is 2.81. The van der Waals surface area contributed by atoms with Gasteiger partial charge in [0, 0.05) is 43.1 Å². The zero-order valence-corrected chi connectivity index (χ0v) is 20.3. The van der Waals surface area contributed by atoms with Gasteiger partial charge in [-0.25, -0.2) is 8.42 Å². The summed E-state index contributed by atoms with van der Waals surface area (Å²) < 4.78 is 70.0. The summed E-state index contributed by atoms with van der Waals surface area (Å²) in [5.41, 5.74) is 1.06. The molecule has 35 heavy (non-hydrogen) atoms. The topological polar surface area (TPSA) is 76.6 Å². The summed E-state index contributed by atoms with van der Waals surface area (Å²) in [5, 5.41) is 0.390. The van der Waals surface area contributed by atoms with Crippen LogP contribution >= 0.6 is 0 Å². The van der Waals surface area contributed by atoms with E-state index in [0.29, 0.717) is 29.6 Å². The van der Waals surface area contributed by atoms with Gasteiger partial charge < -0.3 is 9.64 Å². The van der Waals surface area contributed by atoms with Crippen molar-refractivity contribution in [1.29, 1.82) is 0 Å². The first-order valence-electron chi connectivity index (χ1n) is 11.0. The molecule has 0 N–H and O–H groups in total. The molecule has 1 fully saturated rings. The first kappa shape index (κ1) is 25.1. The Morgan fingerprint density at radius 1 is 1.09 bits per heavy atom. The highest BCUT2D eigenvalue weighted by atomic mass is 32.2. The van der Waals surface area contributed by atoms with E-state index in [9.17, 15) is 26.4 Å². The molecule has 3 aromatic rings. The molecule has 10 heteroatoms. The number of para-hydroxylation sites is 1. The third-order valence-electron chi connectivity index (χ3n) is 6.35. The Balaban J connectivity index is 1.97. The van der Waals surface area contributed by atoms with E-state index < -0.39 is 27.4 Å². The van der Waals surface area contributed by atoms with Gasteiger partial charge in [0.25, 0.3) is 5.78 Å². The van der Waals surface area contributed by atoms with Gasteiger partial charge in [0.2, 0.25) is 0 Å². The van der Waals surface area contributed by atoms with Crippen molar-refractivity contribution in [2.24, 2.45) is 0 Å². The van der Waals surface area contributed by atoms with Crippen LogP contribution in [-0.4, -0.2) is 57.9 Å². The predicted octanol–water partition coefficient (Wildman–Crippen LogP) is 4.97. The minimum Gasteiger partial charge on any atom is -0.381 e. The van der Waals surface area contributed by atoms with Crippen molar-refractivity contribution in [3.63, 3.8) is 0 Å². The second-order valence-corrected chi connectivity index (χ2v) is 10.7. The van der Waals surface area contributed by atoms with Crippen LogP contribution in [0.2, 0.25) is 0 Å². The number of hydrogen-bond acceptors (Lipinski definition) is 6. The number of ketones is 1. The summed E-state index contributed by atoms with van der Waals surface area (Å²) in [6.45, 7) is 2.78. The van der Waals surface area contributed by atoms with Crippen LogP contribution in [0.5, 0.6) is 0 Å². The molecule has 1 aromatic heterocycles. The fourth-order valence-corrected chi connectivity index (χ4v) is 5.20. The van der Waals surface area contributed by atoms with Gasteiger partial charge in [-0.05, 0) is 43.5 Å². The number of nitrogens with zero attached hydrogens (tertiary/aromatic N) is 2. The third kappa shape index (κ3) is 4.90. The Kier molecular flexibility index (Phi) is 6.63. The lowest BCUT2D eigenvalue weighted by molar-refractivity contribution is -0.0885. The maximum absolute atomic E-state index is 13.6. The van der Waals surface area contributed by atoms with E-state index in [2.05, 4.69) is 9.88 Å². The molecule has 1 aliphatic heterocycles. The van der Waals surface area contributed by atoms with Crippen molar-refractivity contribution in [2.45, 2.75) is 36.9 Å². The van der Waals surface area contributed by atoms with E-state index >= 15 is 0 Å². The fourth-order valence-electron chi connectivity index (χ4n) is 4.57. The first-order chi connectivity index (χ1) is 16.4. The second kappa shape index (κ2) is 9.23. The Morgan fingerprint density at radius 2 is 1.71 bits per heavy atom. The van der Waals surface area contributed by atoms with Crippen molar-refractivity contribution in [2.75, 3.05) is 31.4 Å². The average molecular weight is 507 g/mol. The number of halogens is 3. The number of fused-ring (bicyclic) bond motifs is 1. The monoisotopic (exact) mass is 506 g/mol. The number of pyridine rings is 1. The van der Waals surface area contributed by atoms with Gasteiger partial charge >= 0.3 is 6.18 Å². The Morgan fingerprint density at radius 3 is 2.26 bits per heavy atom. The van der Waals surface area contributed by atoms with Gasteiger partial charge in [-0.2, -0.15) is 13.2 Å². The van der Waals surface area contributed by atoms with Gasteiger partial charge in [-0.15, -0.1) is 0 Å². The number of piperidine rings is 1. The van der Waals surface area contributed by atoms with Crippen molar-refractivity contribution in [3.05, 3.63) is 53.7 Å². The molecule has 0 unspecified atom stereocenters. The molecule has 0 bridgehead atoms. The standard InChI is InChI=1S/C25H25F3N2O4S/c1-15-21(24(31)25(26,27)28)22(16-7-9-18(10-8-16)35(3,32)33)19-5-4-6-20(23(19)29-15)30-13-11-17(34-2)12-14-30/h4-10,17H,11-14H2,1-3H3. The van der Waals surface area contributed by atoms with Gasteiger partial charge in [0.05, 0.1) is 27.8 Å². The molecule has 0 spiro atoms.